The number of carbonyl (C=O) groups excluding carboxylic acids is 1. The zero-order chi connectivity index (χ0) is 23.6. The molecule has 3 aromatic rings. The van der Waals surface area contributed by atoms with E-state index >= 15 is 0 Å². The molecule has 1 aliphatic carbocycles. The van der Waals surface area contributed by atoms with Crippen molar-refractivity contribution in [2.45, 2.75) is 58.5 Å². The van der Waals surface area contributed by atoms with Crippen molar-refractivity contribution in [2.24, 2.45) is 0 Å². The first-order valence-corrected chi connectivity index (χ1v) is 11.0. The van der Waals surface area contributed by atoms with Crippen LogP contribution in [0.1, 0.15) is 59.8 Å². The number of aryl methyl sites for hydroxylation is 1. The van der Waals surface area contributed by atoms with Crippen LogP contribution in [0.15, 0.2) is 28.8 Å². The molecule has 0 bridgehead atoms. The lowest BCUT2D eigenvalue weighted by molar-refractivity contribution is -0.115. The molecule has 0 spiro atoms. The van der Waals surface area contributed by atoms with Gasteiger partial charge in [0.1, 0.15) is 17.7 Å². The van der Waals surface area contributed by atoms with Crippen LogP contribution in [0.3, 0.4) is 0 Å². The van der Waals surface area contributed by atoms with Crippen LogP contribution in [-0.2, 0) is 16.9 Å². The maximum absolute atomic E-state index is 13.3. The van der Waals surface area contributed by atoms with E-state index in [1.54, 1.807) is 19.1 Å². The molecular formula is C24H27FN6O2. The van der Waals surface area contributed by atoms with E-state index in [-0.39, 0.29) is 18.3 Å². The molecule has 1 aromatic carbocycles. The van der Waals surface area contributed by atoms with Crippen LogP contribution in [0, 0.1) is 37.9 Å². The monoisotopic (exact) mass is 450 g/mol. The van der Waals surface area contributed by atoms with Gasteiger partial charge in [0.15, 0.2) is 5.82 Å². The Morgan fingerprint density at radius 1 is 1.24 bits per heavy atom. The number of aromatic nitrogens is 3. The van der Waals surface area contributed by atoms with Crippen molar-refractivity contribution in [3.63, 3.8) is 0 Å². The third kappa shape index (κ3) is 4.52. The highest BCUT2D eigenvalue weighted by Gasteiger charge is 2.40. The SMILES string of the molecule is Cc1nc(C2(NCC(=O)Nc3c(C#N)c(C)c(C)n3Cc3ccc(F)cc3)CCCC2)no1. The Bertz CT molecular complexity index is 1200. The topological polar surface area (TPSA) is 109 Å². The molecule has 2 N–H and O–H groups in total. The van der Waals surface area contributed by atoms with Gasteiger partial charge in [-0.05, 0) is 49.9 Å². The first-order valence-electron chi connectivity index (χ1n) is 11.0. The number of hydrogen-bond acceptors (Lipinski definition) is 6. The number of benzene rings is 1. The number of amides is 1. The standard InChI is InChI=1S/C24H27FN6O2/c1-15-16(2)31(14-18-6-8-19(25)9-7-18)22(20(15)12-26)29-21(32)13-27-24(10-4-5-11-24)23-28-17(3)33-30-23/h6-9,27H,4-5,10-11,13-14H2,1-3H3,(H,29,32). The predicted molar refractivity (Wildman–Crippen MR) is 120 cm³/mol. The molecule has 0 saturated heterocycles. The fourth-order valence-corrected chi connectivity index (χ4v) is 4.48. The normalized spacial score (nSPS) is 14.9. The fourth-order valence-electron chi connectivity index (χ4n) is 4.48. The number of nitriles is 1. The summed E-state index contributed by atoms with van der Waals surface area (Å²) in [5, 5.41) is 20.1. The van der Waals surface area contributed by atoms with Crippen molar-refractivity contribution >= 4 is 11.7 Å². The van der Waals surface area contributed by atoms with Gasteiger partial charge in [-0.3, -0.25) is 10.1 Å². The van der Waals surface area contributed by atoms with Crippen LogP contribution in [0.2, 0.25) is 0 Å². The molecule has 1 amide bonds. The molecule has 1 saturated carbocycles. The third-order valence-corrected chi connectivity index (χ3v) is 6.45. The highest BCUT2D eigenvalue weighted by atomic mass is 19.1. The summed E-state index contributed by atoms with van der Waals surface area (Å²) in [7, 11) is 0. The average Bonchev–Trinajstić information content (AvgIpc) is 3.50. The second-order valence-electron chi connectivity index (χ2n) is 8.59. The van der Waals surface area contributed by atoms with Crippen molar-refractivity contribution in [1.82, 2.24) is 20.0 Å². The van der Waals surface area contributed by atoms with E-state index in [1.165, 1.54) is 12.1 Å². The number of hydrogen-bond donors (Lipinski definition) is 2. The molecule has 1 aliphatic rings. The zero-order valence-corrected chi connectivity index (χ0v) is 19.0. The molecule has 0 unspecified atom stereocenters. The van der Waals surface area contributed by atoms with Crippen molar-refractivity contribution in [2.75, 3.05) is 11.9 Å². The van der Waals surface area contributed by atoms with Crippen molar-refractivity contribution in [1.29, 1.82) is 5.26 Å². The van der Waals surface area contributed by atoms with E-state index in [1.807, 2.05) is 18.4 Å². The van der Waals surface area contributed by atoms with Gasteiger partial charge in [0, 0.05) is 19.2 Å². The van der Waals surface area contributed by atoms with Gasteiger partial charge in [0.2, 0.25) is 11.8 Å². The van der Waals surface area contributed by atoms with Gasteiger partial charge < -0.3 is 14.4 Å². The van der Waals surface area contributed by atoms with Gasteiger partial charge >= 0.3 is 0 Å². The van der Waals surface area contributed by atoms with Gasteiger partial charge in [0.25, 0.3) is 0 Å². The molecule has 33 heavy (non-hydrogen) atoms. The molecule has 0 radical (unpaired) electrons. The number of halogens is 1. The molecule has 0 aliphatic heterocycles. The summed E-state index contributed by atoms with van der Waals surface area (Å²) >= 11 is 0. The van der Waals surface area contributed by atoms with E-state index in [4.69, 9.17) is 4.52 Å². The fraction of sp³-hybridized carbons (Fsp3) is 0.417. The van der Waals surface area contributed by atoms with E-state index in [0.717, 1.165) is 42.5 Å². The smallest absolute Gasteiger partial charge is 0.239 e. The second kappa shape index (κ2) is 9.16. The molecule has 0 atom stereocenters. The predicted octanol–water partition coefficient (Wildman–Crippen LogP) is 3.85. The number of nitrogens with one attached hydrogen (secondary N) is 2. The molecule has 172 valence electrons. The largest absolute Gasteiger partial charge is 0.340 e. The minimum atomic E-state index is -0.491. The Labute approximate surface area is 191 Å². The minimum absolute atomic E-state index is 0.0400. The Morgan fingerprint density at radius 3 is 2.55 bits per heavy atom. The molecular weight excluding hydrogens is 423 g/mol. The summed E-state index contributed by atoms with van der Waals surface area (Å²) in [5.41, 5.74) is 2.47. The van der Waals surface area contributed by atoms with Crippen LogP contribution in [0.5, 0.6) is 0 Å². The molecule has 1 fully saturated rings. The quantitative estimate of drug-likeness (QED) is 0.566. The van der Waals surface area contributed by atoms with E-state index in [9.17, 15) is 14.4 Å². The summed E-state index contributed by atoms with van der Waals surface area (Å²) in [4.78, 5) is 17.4. The Kier molecular flexibility index (Phi) is 6.29. The summed E-state index contributed by atoms with van der Waals surface area (Å²) in [6.45, 7) is 5.95. The number of anilines is 1. The second-order valence-corrected chi connectivity index (χ2v) is 8.59. The average molecular weight is 451 g/mol. The lowest BCUT2D eigenvalue weighted by atomic mass is 9.96. The molecule has 2 heterocycles. The minimum Gasteiger partial charge on any atom is -0.340 e. The Balaban J connectivity index is 1.54. The Morgan fingerprint density at radius 2 is 1.94 bits per heavy atom. The molecule has 4 rings (SSSR count). The van der Waals surface area contributed by atoms with Crippen molar-refractivity contribution in [3.05, 3.63) is 64.2 Å². The van der Waals surface area contributed by atoms with Crippen molar-refractivity contribution in [3.8, 4) is 6.07 Å². The first kappa shape index (κ1) is 22.7. The molecule has 2 aromatic heterocycles. The number of carbonyl (C=O) groups is 1. The van der Waals surface area contributed by atoms with E-state index in [2.05, 4.69) is 26.8 Å². The van der Waals surface area contributed by atoms with Crippen LogP contribution in [-0.4, -0.2) is 27.2 Å². The Hall–Kier alpha value is -3.51. The van der Waals surface area contributed by atoms with E-state index < -0.39 is 5.54 Å². The maximum Gasteiger partial charge on any atom is 0.239 e. The molecule has 8 nitrogen and oxygen atoms in total. The number of nitrogens with zero attached hydrogens (tertiary/aromatic N) is 4. The van der Waals surface area contributed by atoms with Gasteiger partial charge in [-0.15, -0.1) is 0 Å². The van der Waals surface area contributed by atoms with Gasteiger partial charge in [-0.2, -0.15) is 10.2 Å². The van der Waals surface area contributed by atoms with Gasteiger partial charge in [-0.25, -0.2) is 4.39 Å². The highest BCUT2D eigenvalue weighted by Crippen LogP contribution is 2.37. The summed E-state index contributed by atoms with van der Waals surface area (Å²) < 4.78 is 20.4. The third-order valence-electron chi connectivity index (χ3n) is 6.45. The highest BCUT2D eigenvalue weighted by molar-refractivity contribution is 5.93. The van der Waals surface area contributed by atoms with Crippen molar-refractivity contribution < 1.29 is 13.7 Å². The van der Waals surface area contributed by atoms with Gasteiger partial charge in [-0.1, -0.05) is 30.1 Å². The zero-order valence-electron chi connectivity index (χ0n) is 19.0. The van der Waals surface area contributed by atoms with Crippen LogP contribution < -0.4 is 10.6 Å². The van der Waals surface area contributed by atoms with Crippen LogP contribution >= 0.6 is 0 Å². The van der Waals surface area contributed by atoms with Crippen LogP contribution in [0.25, 0.3) is 0 Å². The van der Waals surface area contributed by atoms with E-state index in [0.29, 0.717) is 29.6 Å². The van der Waals surface area contributed by atoms with Crippen LogP contribution in [0.4, 0.5) is 10.2 Å². The summed E-state index contributed by atoms with van der Waals surface area (Å²) in [6, 6.07) is 8.40. The first-order chi connectivity index (χ1) is 15.8. The van der Waals surface area contributed by atoms with Gasteiger partial charge in [0.05, 0.1) is 17.6 Å². The molecule has 9 heteroatoms. The summed E-state index contributed by atoms with van der Waals surface area (Å²) in [6.07, 6.45) is 3.67. The maximum atomic E-state index is 13.3. The number of rotatable bonds is 7. The lowest BCUT2D eigenvalue weighted by Crippen LogP contribution is -2.45. The summed E-state index contributed by atoms with van der Waals surface area (Å²) in [5.74, 6) is 0.935. The lowest BCUT2D eigenvalue weighted by Gasteiger charge is -2.26.